The lowest BCUT2D eigenvalue weighted by molar-refractivity contribution is -0.131. The van der Waals surface area contributed by atoms with E-state index in [0.717, 1.165) is 40.9 Å². The number of carbonyl (C=O) groups excluding carboxylic acids is 1. The second-order valence-electron chi connectivity index (χ2n) is 6.97. The molecule has 4 rings (SSSR count). The quantitative estimate of drug-likeness (QED) is 0.761. The Hall–Kier alpha value is -2.96. The second-order valence-corrected chi connectivity index (χ2v) is 6.97. The van der Waals surface area contributed by atoms with Gasteiger partial charge in [-0.05, 0) is 44.4 Å². The predicted octanol–water partition coefficient (Wildman–Crippen LogP) is 3.73. The fraction of sp³-hybridized carbons (Fsp3) is 0.350. The minimum absolute atomic E-state index is 0.0233. The lowest BCUT2D eigenvalue weighted by atomic mass is 10.0. The predicted molar refractivity (Wildman–Crippen MR) is 97.4 cm³/mol. The van der Waals surface area contributed by atoms with Gasteiger partial charge >= 0.3 is 0 Å². The molecule has 1 fully saturated rings. The van der Waals surface area contributed by atoms with Crippen molar-refractivity contribution in [3.63, 3.8) is 0 Å². The summed E-state index contributed by atoms with van der Waals surface area (Å²) in [7, 11) is 0. The summed E-state index contributed by atoms with van der Waals surface area (Å²) in [4.78, 5) is 14.8. The van der Waals surface area contributed by atoms with Gasteiger partial charge in [-0.3, -0.25) is 9.89 Å². The molecule has 1 atom stereocenters. The van der Waals surface area contributed by atoms with Crippen molar-refractivity contribution in [1.82, 2.24) is 20.3 Å². The number of aryl methyl sites for hydroxylation is 1. The number of benzene rings is 1. The van der Waals surface area contributed by atoms with Gasteiger partial charge in [0.25, 0.3) is 0 Å². The lowest BCUT2D eigenvalue weighted by Gasteiger charge is -2.24. The van der Waals surface area contributed by atoms with E-state index in [-0.39, 0.29) is 24.2 Å². The third-order valence-corrected chi connectivity index (χ3v) is 5.25. The number of nitrogens with one attached hydrogen (secondary N) is 1. The fourth-order valence-corrected chi connectivity index (χ4v) is 3.64. The van der Waals surface area contributed by atoms with E-state index in [2.05, 4.69) is 15.4 Å². The minimum atomic E-state index is -0.301. The first-order valence-corrected chi connectivity index (χ1v) is 9.05. The van der Waals surface area contributed by atoms with Crippen LogP contribution in [0.15, 0.2) is 35.0 Å². The van der Waals surface area contributed by atoms with Crippen molar-refractivity contribution in [2.24, 2.45) is 0 Å². The van der Waals surface area contributed by atoms with Crippen LogP contribution in [0.1, 0.15) is 41.4 Å². The molecule has 0 radical (unpaired) electrons. The molecule has 0 saturated carbocycles. The number of hydrogen-bond donors (Lipinski definition) is 1. The van der Waals surface area contributed by atoms with Crippen molar-refractivity contribution in [2.45, 2.75) is 39.2 Å². The van der Waals surface area contributed by atoms with Gasteiger partial charge in [0, 0.05) is 12.1 Å². The number of hydrogen-bond acceptors (Lipinski definition) is 4. The van der Waals surface area contributed by atoms with Gasteiger partial charge in [0.15, 0.2) is 5.76 Å². The van der Waals surface area contributed by atoms with Crippen LogP contribution in [0.3, 0.4) is 0 Å². The maximum atomic E-state index is 13.1. The molecule has 1 unspecified atom stereocenters. The second kappa shape index (κ2) is 6.98. The van der Waals surface area contributed by atoms with Crippen LogP contribution < -0.4 is 0 Å². The Kier molecular flexibility index (Phi) is 4.51. The number of H-pyrrole nitrogens is 1. The molecule has 1 N–H and O–H groups in total. The van der Waals surface area contributed by atoms with Crippen molar-refractivity contribution in [1.29, 1.82) is 0 Å². The van der Waals surface area contributed by atoms with E-state index < -0.39 is 0 Å². The summed E-state index contributed by atoms with van der Waals surface area (Å²) >= 11 is 0. The molecule has 1 aliphatic rings. The molecule has 2 aromatic heterocycles. The van der Waals surface area contributed by atoms with Gasteiger partial charge in [0.05, 0.1) is 35.6 Å². The summed E-state index contributed by atoms with van der Waals surface area (Å²) in [5.41, 5.74) is 4.34. The fourth-order valence-electron chi connectivity index (χ4n) is 3.64. The first-order chi connectivity index (χ1) is 13.0. The molecule has 1 saturated heterocycles. The van der Waals surface area contributed by atoms with Crippen LogP contribution >= 0.6 is 0 Å². The number of likely N-dealkylation sites (tertiary alicyclic amines) is 1. The van der Waals surface area contributed by atoms with E-state index in [1.54, 1.807) is 18.3 Å². The van der Waals surface area contributed by atoms with E-state index in [1.807, 2.05) is 18.7 Å². The molecule has 140 valence electrons. The molecular formula is C20H21FN4O2. The molecule has 0 bridgehead atoms. The average Bonchev–Trinajstić information content (AvgIpc) is 3.37. The Balaban J connectivity index is 1.59. The first kappa shape index (κ1) is 17.5. The zero-order valence-electron chi connectivity index (χ0n) is 15.3. The van der Waals surface area contributed by atoms with Crippen LogP contribution in [-0.2, 0) is 11.2 Å². The SMILES string of the molecule is Cc1noc(-c2cn[nH]c2C2CCCN2C(=O)Cc2ccc(F)cc2)c1C. The molecule has 3 heterocycles. The summed E-state index contributed by atoms with van der Waals surface area (Å²) in [5.74, 6) is 0.411. The molecule has 7 heteroatoms. The van der Waals surface area contributed by atoms with Crippen molar-refractivity contribution in [3.8, 4) is 11.3 Å². The third kappa shape index (κ3) is 3.25. The Morgan fingerprint density at radius 1 is 1.33 bits per heavy atom. The molecule has 1 aromatic carbocycles. The van der Waals surface area contributed by atoms with Gasteiger partial charge < -0.3 is 9.42 Å². The van der Waals surface area contributed by atoms with Gasteiger partial charge in [-0.25, -0.2) is 4.39 Å². The molecule has 3 aromatic rings. The normalized spacial score (nSPS) is 16.9. The van der Waals surface area contributed by atoms with Crippen LogP contribution in [0.4, 0.5) is 4.39 Å². The van der Waals surface area contributed by atoms with Crippen LogP contribution in [0.2, 0.25) is 0 Å². The first-order valence-electron chi connectivity index (χ1n) is 9.05. The zero-order chi connectivity index (χ0) is 19.0. The number of nitrogens with zero attached hydrogens (tertiary/aromatic N) is 3. The number of rotatable bonds is 4. The van der Waals surface area contributed by atoms with Gasteiger partial charge in [0.2, 0.25) is 5.91 Å². The van der Waals surface area contributed by atoms with E-state index >= 15 is 0 Å². The van der Waals surface area contributed by atoms with E-state index in [4.69, 9.17) is 4.52 Å². The highest BCUT2D eigenvalue weighted by Crippen LogP contribution is 2.38. The van der Waals surface area contributed by atoms with Gasteiger partial charge in [-0.2, -0.15) is 5.10 Å². The number of halogens is 1. The summed E-state index contributed by atoms with van der Waals surface area (Å²) in [6, 6.07) is 5.99. The molecule has 1 amide bonds. The largest absolute Gasteiger partial charge is 0.356 e. The van der Waals surface area contributed by atoms with Crippen molar-refractivity contribution >= 4 is 5.91 Å². The van der Waals surface area contributed by atoms with E-state index in [0.29, 0.717) is 12.3 Å². The number of amides is 1. The Morgan fingerprint density at radius 2 is 2.11 bits per heavy atom. The number of aromatic amines is 1. The van der Waals surface area contributed by atoms with Gasteiger partial charge in [0.1, 0.15) is 5.82 Å². The molecule has 27 heavy (non-hydrogen) atoms. The maximum Gasteiger partial charge on any atom is 0.227 e. The maximum absolute atomic E-state index is 13.1. The van der Waals surface area contributed by atoms with Crippen LogP contribution in [0, 0.1) is 19.7 Å². The highest BCUT2D eigenvalue weighted by Gasteiger charge is 2.33. The van der Waals surface area contributed by atoms with E-state index in [9.17, 15) is 9.18 Å². The van der Waals surface area contributed by atoms with Crippen LogP contribution in [0.5, 0.6) is 0 Å². The molecule has 6 nitrogen and oxygen atoms in total. The summed E-state index contributed by atoms with van der Waals surface area (Å²) in [6.45, 7) is 4.55. The average molecular weight is 368 g/mol. The Bertz CT molecular complexity index is 961. The van der Waals surface area contributed by atoms with Gasteiger partial charge in [-0.1, -0.05) is 17.3 Å². The topological polar surface area (TPSA) is 75.0 Å². The Morgan fingerprint density at radius 3 is 2.81 bits per heavy atom. The summed E-state index contributed by atoms with van der Waals surface area (Å²) in [5, 5.41) is 11.3. The molecule has 0 spiro atoms. The summed E-state index contributed by atoms with van der Waals surface area (Å²) < 4.78 is 18.6. The molecule has 1 aliphatic heterocycles. The standard InChI is InChI=1S/C20H21FN4O2/c1-12-13(2)24-27-20(12)16-11-22-23-19(16)17-4-3-9-25(17)18(26)10-14-5-7-15(21)8-6-14/h5-8,11,17H,3-4,9-10H2,1-2H3,(H,22,23). The van der Waals surface area contributed by atoms with Crippen LogP contribution in [0.25, 0.3) is 11.3 Å². The smallest absolute Gasteiger partial charge is 0.227 e. The third-order valence-electron chi connectivity index (χ3n) is 5.25. The Labute approximate surface area is 156 Å². The monoisotopic (exact) mass is 368 g/mol. The highest BCUT2D eigenvalue weighted by molar-refractivity contribution is 5.80. The summed E-state index contributed by atoms with van der Waals surface area (Å²) in [6.07, 6.45) is 3.76. The molecular weight excluding hydrogens is 347 g/mol. The van der Waals surface area contributed by atoms with Crippen molar-refractivity contribution < 1.29 is 13.7 Å². The van der Waals surface area contributed by atoms with Crippen molar-refractivity contribution in [2.75, 3.05) is 6.54 Å². The van der Waals surface area contributed by atoms with Gasteiger partial charge in [-0.15, -0.1) is 0 Å². The van der Waals surface area contributed by atoms with Crippen molar-refractivity contribution in [3.05, 3.63) is 58.8 Å². The minimum Gasteiger partial charge on any atom is -0.356 e. The number of carbonyl (C=O) groups is 1. The number of aromatic nitrogens is 3. The molecule has 0 aliphatic carbocycles. The van der Waals surface area contributed by atoms with E-state index in [1.165, 1.54) is 12.1 Å². The lowest BCUT2D eigenvalue weighted by Crippen LogP contribution is -2.32. The highest BCUT2D eigenvalue weighted by atomic mass is 19.1. The zero-order valence-corrected chi connectivity index (χ0v) is 15.3. The van der Waals surface area contributed by atoms with Crippen LogP contribution in [-0.4, -0.2) is 32.7 Å².